The van der Waals surface area contributed by atoms with E-state index in [0.717, 1.165) is 31.0 Å². The average molecular weight is 596 g/mol. The average Bonchev–Trinajstić information content (AvgIpc) is 3.44. The molecule has 1 saturated carbocycles. The fraction of sp³-hybridized carbons (Fsp3) is 0.400. The van der Waals surface area contributed by atoms with Crippen LogP contribution in [0.25, 0.3) is 0 Å². The second-order valence-corrected chi connectivity index (χ2v) is 14.0. The number of benzene rings is 1. The summed E-state index contributed by atoms with van der Waals surface area (Å²) in [6.45, 7) is 6.96. The number of hydrogen-bond acceptors (Lipinski definition) is 4. The Hall–Kier alpha value is -1.98. The summed E-state index contributed by atoms with van der Waals surface area (Å²) in [5, 5.41) is 10.5. The third kappa shape index (κ3) is 4.74. The Labute approximate surface area is 210 Å². The summed E-state index contributed by atoms with van der Waals surface area (Å²) in [5.41, 5.74) is 4.84. The number of fused-ring (bicyclic) bond motifs is 1. The van der Waals surface area contributed by atoms with Gasteiger partial charge in [-0.25, -0.2) is 13.1 Å². The van der Waals surface area contributed by atoms with E-state index in [1.165, 1.54) is 17.2 Å². The van der Waals surface area contributed by atoms with Crippen molar-refractivity contribution in [3.05, 3.63) is 66.7 Å². The molecule has 182 valence electrons. The number of sulfonamides is 1. The number of H-pyrrole nitrogens is 1. The first-order valence-electron chi connectivity index (χ1n) is 11.5. The summed E-state index contributed by atoms with van der Waals surface area (Å²) in [4.78, 5) is 0.00405. The van der Waals surface area contributed by atoms with Gasteiger partial charge in [0, 0.05) is 6.54 Å². The van der Waals surface area contributed by atoms with Gasteiger partial charge in [-0.2, -0.15) is 0 Å². The van der Waals surface area contributed by atoms with Gasteiger partial charge in [0.25, 0.3) is 0 Å². The van der Waals surface area contributed by atoms with Gasteiger partial charge >= 0.3 is 177 Å². The molecular weight excluding hydrogens is 566 g/mol. The number of rotatable bonds is 4. The van der Waals surface area contributed by atoms with Crippen LogP contribution in [-0.2, 0) is 16.6 Å². The van der Waals surface area contributed by atoms with Gasteiger partial charge in [0.2, 0.25) is 10.0 Å². The fourth-order valence-electron chi connectivity index (χ4n) is 4.79. The molecule has 3 aliphatic rings. The molecule has 0 amide bonds. The van der Waals surface area contributed by atoms with Gasteiger partial charge in [-0.05, 0) is 0 Å². The third-order valence-electron chi connectivity index (χ3n) is 6.79. The van der Waals surface area contributed by atoms with Crippen molar-refractivity contribution in [3.8, 4) is 0 Å². The molecule has 5 rings (SSSR count). The Bertz CT molecular complexity index is 1320. The minimum atomic E-state index is -3.60. The SMILES string of the molecule is CC(C)(C)C1=CC(C2CCC(c3cc(Nc4cc5c(cc4F)S(=O)(=O)NC5)n[nH]3)C2)=C[I-]C=C1. The molecule has 0 saturated heterocycles. The van der Waals surface area contributed by atoms with Crippen LogP contribution in [0.3, 0.4) is 0 Å². The van der Waals surface area contributed by atoms with Crippen molar-refractivity contribution in [3.63, 3.8) is 0 Å². The maximum absolute atomic E-state index is 14.6. The van der Waals surface area contributed by atoms with Crippen LogP contribution in [0.4, 0.5) is 15.9 Å². The van der Waals surface area contributed by atoms with Crippen molar-refractivity contribution in [2.45, 2.75) is 57.4 Å². The van der Waals surface area contributed by atoms with Crippen molar-refractivity contribution in [1.29, 1.82) is 0 Å². The second-order valence-electron chi connectivity index (χ2n) is 10.2. The molecule has 0 radical (unpaired) electrons. The summed E-state index contributed by atoms with van der Waals surface area (Å²) < 4.78 is 45.7. The molecular formula is C25H29FIN4O2S-. The molecule has 0 bridgehead atoms. The number of nitrogens with one attached hydrogen (secondary N) is 3. The summed E-state index contributed by atoms with van der Waals surface area (Å²) in [6.07, 6.45) is 8.02. The first kappa shape index (κ1) is 23.7. The molecule has 6 nitrogen and oxygen atoms in total. The van der Waals surface area contributed by atoms with Crippen molar-refractivity contribution >= 4 is 21.5 Å². The van der Waals surface area contributed by atoms with Crippen LogP contribution in [0.1, 0.15) is 57.2 Å². The van der Waals surface area contributed by atoms with Crippen molar-refractivity contribution in [1.82, 2.24) is 14.9 Å². The van der Waals surface area contributed by atoms with E-state index in [2.05, 4.69) is 61.3 Å². The van der Waals surface area contributed by atoms with Gasteiger partial charge in [0.15, 0.2) is 0 Å². The number of aromatic nitrogens is 2. The molecule has 0 spiro atoms. The number of aromatic amines is 1. The Morgan fingerprint density at radius 2 is 1.97 bits per heavy atom. The van der Waals surface area contributed by atoms with Gasteiger partial charge in [0.1, 0.15) is 0 Å². The number of anilines is 2. The maximum atomic E-state index is 14.6. The van der Waals surface area contributed by atoms with Crippen molar-refractivity contribution < 1.29 is 34.0 Å². The Balaban J connectivity index is 1.29. The predicted octanol–water partition coefficient (Wildman–Crippen LogP) is 2.44. The van der Waals surface area contributed by atoms with Crippen LogP contribution in [0.5, 0.6) is 0 Å². The Morgan fingerprint density at radius 1 is 1.18 bits per heavy atom. The molecule has 3 heterocycles. The minimum absolute atomic E-state index is 0.00405. The summed E-state index contributed by atoms with van der Waals surface area (Å²) in [6, 6.07) is 4.55. The molecule has 1 aliphatic carbocycles. The molecule has 1 fully saturated rings. The molecule has 2 aliphatic heterocycles. The second kappa shape index (κ2) is 8.91. The van der Waals surface area contributed by atoms with Crippen molar-refractivity contribution in [2.75, 3.05) is 5.32 Å². The molecule has 2 aromatic rings. The normalized spacial score (nSPS) is 24.1. The molecule has 3 N–H and O–H groups in total. The van der Waals surface area contributed by atoms with Crippen molar-refractivity contribution in [2.24, 2.45) is 11.3 Å². The van der Waals surface area contributed by atoms with Gasteiger partial charge in [-0.3, -0.25) is 0 Å². The molecule has 9 heteroatoms. The van der Waals surface area contributed by atoms with Gasteiger partial charge in [-0.15, -0.1) is 0 Å². The topological polar surface area (TPSA) is 86.9 Å². The number of nitrogens with zero attached hydrogens (tertiary/aromatic N) is 1. The number of allylic oxidation sites excluding steroid dienone is 4. The van der Waals surface area contributed by atoms with E-state index in [-0.39, 0.29) is 43.7 Å². The van der Waals surface area contributed by atoms with E-state index in [0.29, 0.717) is 23.2 Å². The fourth-order valence-corrected chi connectivity index (χ4v) is 7.94. The molecule has 2 unspecified atom stereocenters. The van der Waals surface area contributed by atoms with E-state index < -0.39 is 15.8 Å². The van der Waals surface area contributed by atoms with Crippen LogP contribution in [0.15, 0.2) is 54.6 Å². The summed E-state index contributed by atoms with van der Waals surface area (Å²) in [7, 11) is -3.60. The zero-order valence-corrected chi connectivity index (χ0v) is 22.4. The number of hydrogen-bond donors (Lipinski definition) is 3. The van der Waals surface area contributed by atoms with Crippen LogP contribution in [-0.4, -0.2) is 18.6 Å². The number of halogens is 2. The molecule has 1 aromatic carbocycles. The van der Waals surface area contributed by atoms with E-state index in [9.17, 15) is 12.8 Å². The predicted molar refractivity (Wildman–Crippen MR) is 127 cm³/mol. The first-order valence-corrected chi connectivity index (χ1v) is 15.4. The van der Waals surface area contributed by atoms with E-state index in [1.54, 1.807) is 0 Å². The molecule has 2 atom stereocenters. The van der Waals surface area contributed by atoms with Crippen LogP contribution in [0.2, 0.25) is 0 Å². The monoisotopic (exact) mass is 595 g/mol. The zero-order valence-electron chi connectivity index (χ0n) is 19.5. The molecule has 1 aromatic heterocycles. The summed E-state index contributed by atoms with van der Waals surface area (Å²) >= 11 is -0.0554. The quantitative estimate of drug-likeness (QED) is 0.475. The van der Waals surface area contributed by atoms with Crippen LogP contribution in [0, 0.1) is 17.2 Å². The summed E-state index contributed by atoms with van der Waals surface area (Å²) in [5.74, 6) is 0.847. The molecule has 34 heavy (non-hydrogen) atoms. The first-order chi connectivity index (χ1) is 16.1. The third-order valence-corrected chi connectivity index (χ3v) is 10.1. The zero-order chi connectivity index (χ0) is 24.1. The van der Waals surface area contributed by atoms with Gasteiger partial charge in [-0.1, -0.05) is 0 Å². The van der Waals surface area contributed by atoms with Gasteiger partial charge < -0.3 is 0 Å². The standard InChI is InChI=1S/C25H29FIN4O2S/c1-25(2,3)19-6-7-27-13-17(9-19)15-4-5-16(8-15)21-12-24(31-30-21)29-22-10-18-14-28-34(32,33)23(18)11-20(22)26/h6-7,9-13,15-16,28H,4-5,8,14H2,1-3H3,(H2,29,30,31)/q-1. The van der Waals surface area contributed by atoms with E-state index in [4.69, 9.17) is 0 Å². The van der Waals surface area contributed by atoms with Crippen LogP contribution >= 0.6 is 0 Å². The van der Waals surface area contributed by atoms with Crippen LogP contribution < -0.4 is 31.2 Å². The van der Waals surface area contributed by atoms with E-state index in [1.807, 2.05) is 6.07 Å². The van der Waals surface area contributed by atoms with Gasteiger partial charge in [0.05, 0.1) is 4.90 Å². The van der Waals surface area contributed by atoms with E-state index >= 15 is 0 Å². The Kier molecular flexibility index (Phi) is 6.22. The Morgan fingerprint density at radius 3 is 2.76 bits per heavy atom.